The van der Waals surface area contributed by atoms with Crippen molar-refractivity contribution in [3.05, 3.63) is 23.3 Å². The number of aryl methyl sites for hydroxylation is 2. The lowest BCUT2D eigenvalue weighted by Gasteiger charge is -2.09. The van der Waals surface area contributed by atoms with Gasteiger partial charge in [0.1, 0.15) is 5.75 Å². The van der Waals surface area contributed by atoms with Gasteiger partial charge in [0, 0.05) is 0 Å². The molecule has 0 atom stereocenters. The summed E-state index contributed by atoms with van der Waals surface area (Å²) >= 11 is 0. The molecule has 0 saturated carbocycles. The molecule has 4 nitrogen and oxygen atoms in total. The largest absolute Gasteiger partial charge is 0.496 e. The van der Waals surface area contributed by atoms with Crippen LogP contribution < -0.4 is 9.88 Å². The third-order valence-corrected chi connectivity index (χ3v) is 3.05. The van der Waals surface area contributed by atoms with E-state index in [1.54, 1.807) is 27.0 Å². The molecule has 14 heavy (non-hydrogen) atoms. The average molecular weight is 215 g/mol. The van der Waals surface area contributed by atoms with Gasteiger partial charge in [0.05, 0.1) is 12.0 Å². The molecule has 5 heteroatoms. The van der Waals surface area contributed by atoms with E-state index in [0.29, 0.717) is 11.3 Å². The Balaban J connectivity index is 3.44. The Morgan fingerprint density at radius 3 is 2.21 bits per heavy atom. The fraction of sp³-hybridized carbons (Fsp3) is 0.333. The van der Waals surface area contributed by atoms with Crippen molar-refractivity contribution in [2.24, 2.45) is 5.14 Å². The first-order valence-electron chi connectivity index (χ1n) is 4.04. The summed E-state index contributed by atoms with van der Waals surface area (Å²) in [6.07, 6.45) is 0. The molecule has 1 rings (SSSR count). The van der Waals surface area contributed by atoms with Crippen LogP contribution in [0.3, 0.4) is 0 Å². The molecule has 1 aromatic rings. The monoisotopic (exact) mass is 215 g/mol. The molecule has 1 aromatic carbocycles. The minimum atomic E-state index is -3.64. The first-order valence-corrected chi connectivity index (χ1v) is 5.59. The van der Waals surface area contributed by atoms with Crippen LogP contribution >= 0.6 is 0 Å². The van der Waals surface area contributed by atoms with Crippen molar-refractivity contribution in [2.45, 2.75) is 18.7 Å². The number of sulfonamides is 1. The highest BCUT2D eigenvalue weighted by molar-refractivity contribution is 7.89. The van der Waals surface area contributed by atoms with E-state index in [2.05, 4.69) is 0 Å². The number of ether oxygens (including phenoxy) is 1. The van der Waals surface area contributed by atoms with Crippen LogP contribution in [0.25, 0.3) is 0 Å². The van der Waals surface area contributed by atoms with Crippen LogP contribution in [0.5, 0.6) is 5.75 Å². The van der Waals surface area contributed by atoms with Crippen LogP contribution in [0.4, 0.5) is 0 Å². The van der Waals surface area contributed by atoms with E-state index in [-0.39, 0.29) is 4.90 Å². The molecule has 0 fully saturated rings. The minimum absolute atomic E-state index is 0.149. The van der Waals surface area contributed by atoms with E-state index in [0.717, 1.165) is 5.56 Å². The van der Waals surface area contributed by atoms with Crippen molar-refractivity contribution >= 4 is 10.0 Å². The molecule has 0 amide bonds. The highest BCUT2D eigenvalue weighted by Crippen LogP contribution is 2.24. The zero-order valence-corrected chi connectivity index (χ0v) is 9.18. The predicted molar refractivity (Wildman–Crippen MR) is 53.8 cm³/mol. The average Bonchev–Trinajstić information content (AvgIpc) is 2.06. The first-order chi connectivity index (χ1) is 6.36. The van der Waals surface area contributed by atoms with Crippen molar-refractivity contribution in [3.63, 3.8) is 0 Å². The number of methoxy groups -OCH3 is 1. The molecule has 0 aliphatic carbocycles. The van der Waals surface area contributed by atoms with Gasteiger partial charge in [-0.3, -0.25) is 0 Å². The summed E-state index contributed by atoms with van der Waals surface area (Å²) in [6.45, 7) is 3.45. The molecule has 0 aromatic heterocycles. The van der Waals surface area contributed by atoms with Crippen LogP contribution in [0.15, 0.2) is 17.0 Å². The summed E-state index contributed by atoms with van der Waals surface area (Å²) in [7, 11) is -2.10. The Hall–Kier alpha value is -1.07. The Labute approximate surface area is 83.7 Å². The standard InChI is InChI=1S/C9H13NO3S/c1-6-5-9(14(10,11)12)7(2)4-8(6)13-3/h4-5H,1-3H3,(H2,10,11,12). The Morgan fingerprint density at radius 2 is 1.79 bits per heavy atom. The molecule has 0 heterocycles. The number of rotatable bonds is 2. The van der Waals surface area contributed by atoms with Crippen molar-refractivity contribution in [3.8, 4) is 5.75 Å². The molecule has 0 aliphatic heterocycles. The van der Waals surface area contributed by atoms with E-state index in [1.165, 1.54) is 6.07 Å². The van der Waals surface area contributed by atoms with E-state index in [1.807, 2.05) is 0 Å². The number of hydrogen-bond donors (Lipinski definition) is 1. The van der Waals surface area contributed by atoms with Gasteiger partial charge in [-0.05, 0) is 37.1 Å². The maximum absolute atomic E-state index is 11.1. The fourth-order valence-electron chi connectivity index (χ4n) is 1.29. The summed E-state index contributed by atoms with van der Waals surface area (Å²) < 4.78 is 27.3. The third-order valence-electron chi connectivity index (χ3n) is 2.00. The second kappa shape index (κ2) is 3.59. The lowest BCUT2D eigenvalue weighted by molar-refractivity contribution is 0.411. The van der Waals surface area contributed by atoms with Gasteiger partial charge in [0.25, 0.3) is 0 Å². The SMILES string of the molecule is COc1cc(C)c(S(N)(=O)=O)cc1C. The molecule has 2 N–H and O–H groups in total. The minimum Gasteiger partial charge on any atom is -0.496 e. The molecule has 78 valence electrons. The maximum atomic E-state index is 11.1. The van der Waals surface area contributed by atoms with Gasteiger partial charge in [-0.2, -0.15) is 0 Å². The molecular weight excluding hydrogens is 202 g/mol. The summed E-state index contributed by atoms with van der Waals surface area (Å²) in [5.74, 6) is 0.662. The third kappa shape index (κ3) is 2.05. The summed E-state index contributed by atoms with van der Waals surface area (Å²) in [4.78, 5) is 0.149. The molecular formula is C9H13NO3S. The number of nitrogens with two attached hydrogens (primary N) is 1. The summed E-state index contributed by atoms with van der Waals surface area (Å²) in [5, 5.41) is 5.05. The lowest BCUT2D eigenvalue weighted by Crippen LogP contribution is -2.14. The highest BCUT2D eigenvalue weighted by Gasteiger charge is 2.13. The Morgan fingerprint density at radius 1 is 1.21 bits per heavy atom. The van der Waals surface area contributed by atoms with E-state index in [4.69, 9.17) is 9.88 Å². The van der Waals surface area contributed by atoms with Gasteiger partial charge < -0.3 is 4.74 Å². The summed E-state index contributed by atoms with van der Waals surface area (Å²) in [5.41, 5.74) is 1.34. The van der Waals surface area contributed by atoms with Crippen molar-refractivity contribution in [2.75, 3.05) is 7.11 Å². The normalized spacial score (nSPS) is 11.4. The van der Waals surface area contributed by atoms with Gasteiger partial charge in [-0.25, -0.2) is 13.6 Å². The van der Waals surface area contributed by atoms with E-state index < -0.39 is 10.0 Å². The van der Waals surface area contributed by atoms with Crippen LogP contribution in [0.2, 0.25) is 0 Å². The molecule has 0 radical (unpaired) electrons. The zero-order valence-electron chi connectivity index (χ0n) is 8.37. The van der Waals surface area contributed by atoms with Crippen LogP contribution in [-0.2, 0) is 10.0 Å². The number of primary sulfonamides is 1. The fourth-order valence-corrected chi connectivity index (χ4v) is 2.14. The second-order valence-corrected chi connectivity index (χ2v) is 4.66. The second-order valence-electron chi connectivity index (χ2n) is 3.13. The highest BCUT2D eigenvalue weighted by atomic mass is 32.2. The molecule has 0 aliphatic rings. The van der Waals surface area contributed by atoms with Gasteiger partial charge in [0.15, 0.2) is 0 Å². The van der Waals surface area contributed by atoms with Crippen LogP contribution in [0, 0.1) is 13.8 Å². The van der Waals surface area contributed by atoms with Gasteiger partial charge in [-0.15, -0.1) is 0 Å². The van der Waals surface area contributed by atoms with Crippen LogP contribution in [0.1, 0.15) is 11.1 Å². The molecule has 0 bridgehead atoms. The van der Waals surface area contributed by atoms with Gasteiger partial charge >= 0.3 is 0 Å². The molecule has 0 spiro atoms. The smallest absolute Gasteiger partial charge is 0.238 e. The van der Waals surface area contributed by atoms with Crippen molar-refractivity contribution in [1.29, 1.82) is 0 Å². The van der Waals surface area contributed by atoms with Crippen molar-refractivity contribution < 1.29 is 13.2 Å². The maximum Gasteiger partial charge on any atom is 0.238 e. The van der Waals surface area contributed by atoms with E-state index in [9.17, 15) is 8.42 Å². The van der Waals surface area contributed by atoms with E-state index >= 15 is 0 Å². The summed E-state index contributed by atoms with van der Waals surface area (Å²) in [6, 6.07) is 3.18. The topological polar surface area (TPSA) is 69.4 Å². The quantitative estimate of drug-likeness (QED) is 0.798. The van der Waals surface area contributed by atoms with Crippen molar-refractivity contribution in [1.82, 2.24) is 0 Å². The zero-order chi connectivity index (χ0) is 10.9. The molecule has 0 saturated heterocycles. The predicted octanol–water partition coefficient (Wildman–Crippen LogP) is 0.959. The number of hydrogen-bond acceptors (Lipinski definition) is 3. The Kier molecular flexibility index (Phi) is 2.82. The van der Waals surface area contributed by atoms with Gasteiger partial charge in [0.2, 0.25) is 10.0 Å². The van der Waals surface area contributed by atoms with Gasteiger partial charge in [-0.1, -0.05) is 0 Å². The first kappa shape index (κ1) is 11.0. The Bertz CT molecular complexity index is 451. The van der Waals surface area contributed by atoms with Crippen LogP contribution in [-0.4, -0.2) is 15.5 Å². The molecule has 0 unspecified atom stereocenters. The number of benzene rings is 1. The lowest BCUT2D eigenvalue weighted by atomic mass is 10.1.